The first kappa shape index (κ1) is 16.2. The Kier molecular flexibility index (Phi) is 4.28. The number of carbonyl (C=O) groups excluding carboxylic acids is 1. The van der Waals surface area contributed by atoms with E-state index < -0.39 is 0 Å². The first-order valence-electron chi connectivity index (χ1n) is 7.92. The average Bonchev–Trinajstić information content (AvgIpc) is 3.30. The second-order valence-corrected chi connectivity index (χ2v) is 6.40. The minimum absolute atomic E-state index is 0.301. The molecule has 0 radical (unpaired) electrons. The first-order valence-corrected chi connectivity index (χ1v) is 8.80. The first-order chi connectivity index (χ1) is 12.7. The van der Waals surface area contributed by atoms with Gasteiger partial charge in [0.15, 0.2) is 10.9 Å². The summed E-state index contributed by atoms with van der Waals surface area (Å²) in [4.78, 5) is 21.5. The lowest BCUT2D eigenvalue weighted by Crippen LogP contribution is -2.13. The van der Waals surface area contributed by atoms with E-state index in [-0.39, 0.29) is 5.91 Å². The fraction of sp³-hybridized carbons (Fsp3) is 0.0526. The summed E-state index contributed by atoms with van der Waals surface area (Å²) in [5.74, 6) is 0.145. The quantitative estimate of drug-likeness (QED) is 0.581. The summed E-state index contributed by atoms with van der Waals surface area (Å²) in [5, 5.41) is 9.13. The lowest BCUT2D eigenvalue weighted by Gasteiger charge is -2.03. The van der Waals surface area contributed by atoms with Gasteiger partial charge in [0.05, 0.1) is 11.4 Å². The van der Waals surface area contributed by atoms with Crippen LogP contribution in [0.1, 0.15) is 16.1 Å². The van der Waals surface area contributed by atoms with Gasteiger partial charge in [-0.1, -0.05) is 41.6 Å². The van der Waals surface area contributed by atoms with Gasteiger partial charge in [0, 0.05) is 17.1 Å². The van der Waals surface area contributed by atoms with Gasteiger partial charge >= 0.3 is 0 Å². The summed E-state index contributed by atoms with van der Waals surface area (Å²) in [6, 6.07) is 15.0. The molecule has 4 rings (SSSR count). The van der Waals surface area contributed by atoms with Crippen molar-refractivity contribution in [2.75, 3.05) is 5.32 Å². The van der Waals surface area contributed by atoms with E-state index in [2.05, 4.69) is 20.4 Å². The number of hydrogen-bond donors (Lipinski definition) is 1. The highest BCUT2D eigenvalue weighted by Crippen LogP contribution is 2.28. The van der Waals surface area contributed by atoms with Crippen molar-refractivity contribution in [2.45, 2.75) is 6.92 Å². The summed E-state index contributed by atoms with van der Waals surface area (Å²) >= 11 is 1.34. The zero-order chi connectivity index (χ0) is 17.9. The molecule has 3 aromatic heterocycles. The third-order valence-corrected chi connectivity index (χ3v) is 4.54. The summed E-state index contributed by atoms with van der Waals surface area (Å²) < 4.78 is 5.38. The second-order valence-electron chi connectivity index (χ2n) is 5.55. The molecule has 1 aromatic carbocycles. The van der Waals surface area contributed by atoms with E-state index in [0.717, 1.165) is 17.0 Å². The Labute approximate surface area is 153 Å². The Morgan fingerprint density at radius 1 is 1.08 bits per heavy atom. The number of aromatic nitrogens is 3. The SMILES string of the molecule is Cc1noc(-c2ccccc2)c1C(=O)Nc1nc(-c2ccccn2)cs1. The van der Waals surface area contributed by atoms with Crippen LogP contribution >= 0.6 is 11.3 Å². The largest absolute Gasteiger partial charge is 0.355 e. The summed E-state index contributed by atoms with van der Waals surface area (Å²) in [7, 11) is 0. The molecule has 3 heterocycles. The molecule has 6 nitrogen and oxygen atoms in total. The highest BCUT2D eigenvalue weighted by atomic mass is 32.1. The highest BCUT2D eigenvalue weighted by molar-refractivity contribution is 7.14. The number of anilines is 1. The van der Waals surface area contributed by atoms with Gasteiger partial charge in [-0.25, -0.2) is 4.98 Å². The average molecular weight is 362 g/mol. The maximum Gasteiger partial charge on any atom is 0.263 e. The number of nitrogens with one attached hydrogen (secondary N) is 1. The van der Waals surface area contributed by atoms with Crippen LogP contribution in [-0.4, -0.2) is 21.0 Å². The Morgan fingerprint density at radius 3 is 2.65 bits per heavy atom. The standard InChI is InChI=1S/C19H14N4O2S/c1-12-16(17(25-23-12)13-7-3-2-4-8-13)18(24)22-19-21-15(11-26-19)14-9-5-6-10-20-14/h2-11H,1H3,(H,21,22,24). The molecule has 0 atom stereocenters. The minimum Gasteiger partial charge on any atom is -0.355 e. The zero-order valence-electron chi connectivity index (χ0n) is 13.8. The number of amides is 1. The molecule has 0 saturated carbocycles. The molecule has 128 valence electrons. The van der Waals surface area contributed by atoms with Crippen LogP contribution in [0, 0.1) is 6.92 Å². The molecular weight excluding hydrogens is 348 g/mol. The van der Waals surface area contributed by atoms with Crippen LogP contribution in [0.2, 0.25) is 0 Å². The van der Waals surface area contributed by atoms with Crippen molar-refractivity contribution in [1.82, 2.24) is 15.1 Å². The number of nitrogens with zero attached hydrogens (tertiary/aromatic N) is 3. The van der Waals surface area contributed by atoms with Crippen LogP contribution in [0.3, 0.4) is 0 Å². The smallest absolute Gasteiger partial charge is 0.263 e. The normalized spacial score (nSPS) is 10.7. The van der Waals surface area contributed by atoms with Gasteiger partial charge < -0.3 is 4.52 Å². The molecule has 0 bridgehead atoms. The van der Waals surface area contributed by atoms with Gasteiger partial charge in [-0.05, 0) is 19.1 Å². The van der Waals surface area contributed by atoms with Crippen molar-refractivity contribution in [1.29, 1.82) is 0 Å². The Morgan fingerprint density at radius 2 is 1.88 bits per heavy atom. The molecule has 0 aliphatic heterocycles. The Hall–Kier alpha value is -3.32. The van der Waals surface area contributed by atoms with E-state index in [4.69, 9.17) is 4.52 Å². The number of aryl methyl sites for hydroxylation is 1. The third kappa shape index (κ3) is 3.12. The molecule has 0 aliphatic carbocycles. The molecule has 0 spiro atoms. The Balaban J connectivity index is 1.60. The minimum atomic E-state index is -0.301. The fourth-order valence-electron chi connectivity index (χ4n) is 2.55. The van der Waals surface area contributed by atoms with E-state index in [0.29, 0.717) is 22.1 Å². The maximum atomic E-state index is 12.8. The number of rotatable bonds is 4. The van der Waals surface area contributed by atoms with Crippen LogP contribution in [0.15, 0.2) is 64.6 Å². The van der Waals surface area contributed by atoms with Crippen LogP contribution in [-0.2, 0) is 0 Å². The summed E-state index contributed by atoms with van der Waals surface area (Å²) in [6.45, 7) is 1.74. The van der Waals surface area contributed by atoms with Crippen molar-refractivity contribution < 1.29 is 9.32 Å². The second kappa shape index (κ2) is 6.89. The van der Waals surface area contributed by atoms with Crippen molar-refractivity contribution in [3.8, 4) is 22.7 Å². The Bertz CT molecular complexity index is 1040. The number of benzene rings is 1. The number of hydrogen-bond acceptors (Lipinski definition) is 6. The van der Waals surface area contributed by atoms with E-state index in [1.807, 2.05) is 53.9 Å². The fourth-order valence-corrected chi connectivity index (χ4v) is 3.25. The van der Waals surface area contributed by atoms with Crippen molar-refractivity contribution in [2.24, 2.45) is 0 Å². The van der Waals surface area contributed by atoms with Gasteiger partial charge in [-0.15, -0.1) is 11.3 Å². The molecule has 0 saturated heterocycles. The van der Waals surface area contributed by atoms with Gasteiger partial charge in [0.25, 0.3) is 5.91 Å². The molecule has 0 aliphatic rings. The molecule has 0 fully saturated rings. The monoisotopic (exact) mass is 362 g/mol. The molecule has 7 heteroatoms. The van der Waals surface area contributed by atoms with Crippen LogP contribution in [0.4, 0.5) is 5.13 Å². The van der Waals surface area contributed by atoms with Crippen LogP contribution in [0.25, 0.3) is 22.7 Å². The third-order valence-electron chi connectivity index (χ3n) is 3.78. The molecular formula is C19H14N4O2S. The van der Waals surface area contributed by atoms with Crippen molar-refractivity contribution in [3.05, 3.63) is 71.4 Å². The summed E-state index contributed by atoms with van der Waals surface area (Å²) in [6.07, 6.45) is 1.71. The molecule has 0 unspecified atom stereocenters. The van der Waals surface area contributed by atoms with Gasteiger partial charge in [-0.3, -0.25) is 15.1 Å². The molecule has 1 N–H and O–H groups in total. The number of thiazole rings is 1. The van der Waals surface area contributed by atoms with E-state index >= 15 is 0 Å². The number of pyridine rings is 1. The maximum absolute atomic E-state index is 12.8. The predicted molar refractivity (Wildman–Crippen MR) is 100.0 cm³/mol. The van der Waals surface area contributed by atoms with Crippen LogP contribution in [0.5, 0.6) is 0 Å². The van der Waals surface area contributed by atoms with Crippen LogP contribution < -0.4 is 5.32 Å². The zero-order valence-corrected chi connectivity index (χ0v) is 14.7. The van der Waals surface area contributed by atoms with Crippen molar-refractivity contribution >= 4 is 22.4 Å². The summed E-state index contributed by atoms with van der Waals surface area (Å²) in [5.41, 5.74) is 3.21. The van der Waals surface area contributed by atoms with Gasteiger partial charge in [-0.2, -0.15) is 0 Å². The van der Waals surface area contributed by atoms with Gasteiger partial charge in [0.2, 0.25) is 0 Å². The van der Waals surface area contributed by atoms with Gasteiger partial charge in [0.1, 0.15) is 11.3 Å². The van der Waals surface area contributed by atoms with Crippen molar-refractivity contribution in [3.63, 3.8) is 0 Å². The molecule has 4 aromatic rings. The lowest BCUT2D eigenvalue weighted by atomic mass is 10.1. The number of carbonyl (C=O) groups is 1. The highest BCUT2D eigenvalue weighted by Gasteiger charge is 2.22. The van der Waals surface area contributed by atoms with E-state index in [1.165, 1.54) is 11.3 Å². The molecule has 1 amide bonds. The predicted octanol–water partition coefficient (Wildman–Crippen LogP) is 4.42. The lowest BCUT2D eigenvalue weighted by molar-refractivity contribution is 0.102. The molecule has 26 heavy (non-hydrogen) atoms. The van der Waals surface area contributed by atoms with E-state index in [1.54, 1.807) is 13.1 Å². The topological polar surface area (TPSA) is 80.9 Å². The van der Waals surface area contributed by atoms with E-state index in [9.17, 15) is 4.79 Å².